The van der Waals surface area contributed by atoms with Crippen LogP contribution in [0.1, 0.15) is 78.1 Å². The largest absolute Gasteiger partial charge is 0.478 e. The number of carboxylic acid groups (broad SMARTS) is 1. The second-order valence-corrected chi connectivity index (χ2v) is 8.09. The molecule has 1 N–H and O–H groups in total. The van der Waals surface area contributed by atoms with E-state index in [4.69, 9.17) is 4.74 Å². The molecular formula is C20H32O4. The van der Waals surface area contributed by atoms with Gasteiger partial charge in [0.2, 0.25) is 0 Å². The lowest BCUT2D eigenvalue weighted by atomic mass is 9.64. The lowest BCUT2D eigenvalue weighted by molar-refractivity contribution is -0.165. The number of rotatable bonds is 6. The molecule has 2 saturated carbocycles. The Morgan fingerprint density at radius 2 is 1.50 bits per heavy atom. The van der Waals surface area contributed by atoms with Crippen molar-refractivity contribution in [3.8, 4) is 0 Å². The Bertz CT molecular complexity index is 468. The van der Waals surface area contributed by atoms with Crippen LogP contribution in [0, 0.1) is 17.3 Å². The minimum Gasteiger partial charge on any atom is -0.478 e. The standard InChI is InChI=1S/C20H32O4/c1-14(18(21)22)17(15-10-6-4-7-11-15)20(2,3)19(23)24-16-12-8-5-9-13-16/h15-17H,1,4-13H2,2-3H3,(H,21,22). The molecule has 0 bridgehead atoms. The van der Waals surface area contributed by atoms with Gasteiger partial charge in [0.05, 0.1) is 5.41 Å². The molecule has 4 heteroatoms. The molecule has 136 valence electrons. The molecule has 1 atom stereocenters. The molecule has 0 amide bonds. The summed E-state index contributed by atoms with van der Waals surface area (Å²) >= 11 is 0. The second kappa shape index (κ2) is 8.17. The van der Waals surface area contributed by atoms with Crippen molar-refractivity contribution in [3.05, 3.63) is 12.2 Å². The van der Waals surface area contributed by atoms with E-state index in [0.29, 0.717) is 0 Å². The maximum atomic E-state index is 12.9. The topological polar surface area (TPSA) is 63.6 Å². The van der Waals surface area contributed by atoms with Crippen LogP contribution in [0.3, 0.4) is 0 Å². The van der Waals surface area contributed by atoms with E-state index in [1.807, 2.05) is 13.8 Å². The minimum atomic E-state index is -0.996. The summed E-state index contributed by atoms with van der Waals surface area (Å²) in [6.07, 6.45) is 10.6. The fraction of sp³-hybridized carbons (Fsp3) is 0.800. The van der Waals surface area contributed by atoms with Crippen LogP contribution in [0.5, 0.6) is 0 Å². The van der Waals surface area contributed by atoms with Crippen molar-refractivity contribution in [1.29, 1.82) is 0 Å². The molecule has 0 radical (unpaired) electrons. The monoisotopic (exact) mass is 336 g/mol. The van der Waals surface area contributed by atoms with E-state index in [0.717, 1.165) is 51.4 Å². The van der Waals surface area contributed by atoms with Gasteiger partial charge in [0, 0.05) is 11.5 Å². The summed E-state index contributed by atoms with van der Waals surface area (Å²) in [5.74, 6) is -1.40. The number of carboxylic acids is 1. The Kier molecular flexibility index (Phi) is 6.47. The predicted molar refractivity (Wildman–Crippen MR) is 93.6 cm³/mol. The molecule has 4 nitrogen and oxygen atoms in total. The summed E-state index contributed by atoms with van der Waals surface area (Å²) in [5, 5.41) is 9.50. The first-order chi connectivity index (χ1) is 11.3. The first kappa shape index (κ1) is 19.0. The van der Waals surface area contributed by atoms with E-state index in [9.17, 15) is 14.7 Å². The van der Waals surface area contributed by atoms with Crippen molar-refractivity contribution >= 4 is 11.9 Å². The average molecular weight is 336 g/mol. The van der Waals surface area contributed by atoms with Crippen LogP contribution in [-0.4, -0.2) is 23.1 Å². The molecular weight excluding hydrogens is 304 g/mol. The van der Waals surface area contributed by atoms with Crippen molar-refractivity contribution in [1.82, 2.24) is 0 Å². The van der Waals surface area contributed by atoms with E-state index in [2.05, 4.69) is 6.58 Å². The summed E-state index contributed by atoms with van der Waals surface area (Å²) in [6.45, 7) is 7.50. The van der Waals surface area contributed by atoms with E-state index >= 15 is 0 Å². The van der Waals surface area contributed by atoms with Crippen molar-refractivity contribution in [2.75, 3.05) is 0 Å². The zero-order chi connectivity index (χ0) is 17.7. The third-order valence-corrected chi connectivity index (χ3v) is 5.90. The summed E-state index contributed by atoms with van der Waals surface area (Å²) in [6, 6.07) is 0. The summed E-state index contributed by atoms with van der Waals surface area (Å²) in [5.41, 5.74) is -0.693. The maximum absolute atomic E-state index is 12.9. The van der Waals surface area contributed by atoms with E-state index in [-0.39, 0.29) is 29.5 Å². The van der Waals surface area contributed by atoms with Gasteiger partial charge in [0.25, 0.3) is 0 Å². The molecule has 0 saturated heterocycles. The molecule has 0 aromatic heterocycles. The molecule has 0 spiro atoms. The highest BCUT2D eigenvalue weighted by Gasteiger charge is 2.46. The zero-order valence-electron chi connectivity index (χ0n) is 15.2. The Morgan fingerprint density at radius 3 is 2.00 bits per heavy atom. The Labute approximate surface area is 145 Å². The van der Waals surface area contributed by atoms with Crippen molar-refractivity contribution in [3.63, 3.8) is 0 Å². The summed E-state index contributed by atoms with van der Waals surface area (Å²) < 4.78 is 5.78. The van der Waals surface area contributed by atoms with Gasteiger partial charge in [-0.25, -0.2) is 4.79 Å². The fourth-order valence-corrected chi connectivity index (χ4v) is 4.52. The van der Waals surface area contributed by atoms with Gasteiger partial charge >= 0.3 is 11.9 Å². The number of ether oxygens (including phenoxy) is 1. The maximum Gasteiger partial charge on any atom is 0.331 e. The fourth-order valence-electron chi connectivity index (χ4n) is 4.52. The molecule has 24 heavy (non-hydrogen) atoms. The van der Waals surface area contributed by atoms with Gasteiger partial charge in [-0.3, -0.25) is 4.79 Å². The number of hydrogen-bond acceptors (Lipinski definition) is 3. The first-order valence-corrected chi connectivity index (χ1v) is 9.47. The van der Waals surface area contributed by atoms with Crippen LogP contribution in [-0.2, 0) is 14.3 Å². The number of hydrogen-bond donors (Lipinski definition) is 1. The van der Waals surface area contributed by atoms with Crippen molar-refractivity contribution < 1.29 is 19.4 Å². The highest BCUT2D eigenvalue weighted by atomic mass is 16.5. The van der Waals surface area contributed by atoms with Gasteiger partial charge < -0.3 is 9.84 Å². The Morgan fingerprint density at radius 1 is 1.00 bits per heavy atom. The lowest BCUT2D eigenvalue weighted by Gasteiger charge is -2.40. The highest BCUT2D eigenvalue weighted by molar-refractivity contribution is 5.89. The molecule has 2 aliphatic carbocycles. The van der Waals surface area contributed by atoms with Gasteiger partial charge in [-0.1, -0.05) is 32.3 Å². The van der Waals surface area contributed by atoms with E-state index < -0.39 is 11.4 Å². The van der Waals surface area contributed by atoms with Crippen molar-refractivity contribution in [2.45, 2.75) is 84.2 Å². The van der Waals surface area contributed by atoms with Crippen LogP contribution in [0.15, 0.2) is 12.2 Å². The molecule has 0 aromatic carbocycles. The van der Waals surface area contributed by atoms with Gasteiger partial charge in [-0.2, -0.15) is 0 Å². The van der Waals surface area contributed by atoms with E-state index in [1.54, 1.807) is 0 Å². The highest BCUT2D eigenvalue weighted by Crippen LogP contribution is 2.45. The molecule has 0 aliphatic heterocycles. The number of aliphatic carboxylic acids is 1. The van der Waals surface area contributed by atoms with Gasteiger partial charge in [0.15, 0.2) is 0 Å². The minimum absolute atomic E-state index is 0.00405. The van der Waals surface area contributed by atoms with Gasteiger partial charge in [-0.05, 0) is 58.3 Å². The number of carbonyl (C=O) groups excluding carboxylic acids is 1. The number of carbonyl (C=O) groups is 2. The van der Waals surface area contributed by atoms with Crippen LogP contribution in [0.4, 0.5) is 0 Å². The van der Waals surface area contributed by atoms with Gasteiger partial charge in [-0.15, -0.1) is 0 Å². The molecule has 0 heterocycles. The first-order valence-electron chi connectivity index (χ1n) is 9.47. The third-order valence-electron chi connectivity index (χ3n) is 5.90. The Balaban J connectivity index is 2.16. The molecule has 2 fully saturated rings. The smallest absolute Gasteiger partial charge is 0.331 e. The molecule has 0 aromatic rings. The predicted octanol–water partition coefficient (Wildman–Crippen LogP) is 4.73. The molecule has 2 aliphatic rings. The van der Waals surface area contributed by atoms with Gasteiger partial charge in [0.1, 0.15) is 6.10 Å². The van der Waals surface area contributed by atoms with Crippen molar-refractivity contribution in [2.24, 2.45) is 17.3 Å². The normalized spacial score (nSPS) is 21.9. The number of esters is 1. The van der Waals surface area contributed by atoms with E-state index in [1.165, 1.54) is 12.8 Å². The second-order valence-electron chi connectivity index (χ2n) is 8.09. The molecule has 2 rings (SSSR count). The average Bonchev–Trinajstić information content (AvgIpc) is 2.56. The van der Waals surface area contributed by atoms with Crippen LogP contribution < -0.4 is 0 Å². The summed E-state index contributed by atoms with van der Waals surface area (Å²) in [7, 11) is 0. The Hall–Kier alpha value is -1.32. The third kappa shape index (κ3) is 4.40. The summed E-state index contributed by atoms with van der Waals surface area (Å²) in [4.78, 5) is 24.5. The molecule has 1 unspecified atom stereocenters. The quantitative estimate of drug-likeness (QED) is 0.563. The zero-order valence-corrected chi connectivity index (χ0v) is 15.2. The van der Waals surface area contributed by atoms with Crippen LogP contribution in [0.25, 0.3) is 0 Å². The van der Waals surface area contributed by atoms with Crippen LogP contribution in [0.2, 0.25) is 0 Å². The lowest BCUT2D eigenvalue weighted by Crippen LogP contribution is -2.43. The van der Waals surface area contributed by atoms with Crippen LogP contribution >= 0.6 is 0 Å². The SMILES string of the molecule is C=C(C(=O)O)C(C1CCCCC1)C(C)(C)C(=O)OC1CCCCC1.